The van der Waals surface area contributed by atoms with Gasteiger partial charge in [0.25, 0.3) is 11.4 Å². The summed E-state index contributed by atoms with van der Waals surface area (Å²) in [4.78, 5) is 36.9. The number of nitro groups is 2. The van der Waals surface area contributed by atoms with Crippen LogP contribution in [0.5, 0.6) is 11.5 Å². The zero-order valence-electron chi connectivity index (χ0n) is 41.2. The number of hydrogen-bond donors (Lipinski definition) is 3. The molecule has 0 aliphatic heterocycles. The predicted molar refractivity (Wildman–Crippen MR) is 278 cm³/mol. The van der Waals surface area contributed by atoms with Gasteiger partial charge in [0.1, 0.15) is 11.5 Å². The van der Waals surface area contributed by atoms with Gasteiger partial charge in [-0.1, -0.05) is 116 Å². The minimum atomic E-state index is -0.395. The van der Waals surface area contributed by atoms with Crippen LogP contribution in [0, 0.1) is 20.2 Å². The molecule has 13 heteroatoms. The van der Waals surface area contributed by atoms with Crippen molar-refractivity contribution in [2.45, 2.75) is 106 Å². The van der Waals surface area contributed by atoms with E-state index in [2.05, 4.69) is 74.7 Å². The molecule has 13 nitrogen and oxygen atoms in total. The highest BCUT2D eigenvalue weighted by molar-refractivity contribution is 6.03. The molecule has 0 unspecified atom stereocenters. The molecular weight excluding hydrogens is 857 g/mol. The number of nitro benzene ring substituents is 2. The van der Waals surface area contributed by atoms with E-state index in [0.717, 1.165) is 52.5 Å². The zero-order chi connectivity index (χ0) is 49.9. The Morgan fingerprint density at radius 2 is 1.06 bits per heavy atom. The van der Waals surface area contributed by atoms with E-state index < -0.39 is 4.92 Å². The lowest BCUT2D eigenvalue weighted by molar-refractivity contribution is -0.385. The normalized spacial score (nSPS) is 10.6. The van der Waals surface area contributed by atoms with Gasteiger partial charge in [-0.2, -0.15) is 0 Å². The Morgan fingerprint density at radius 3 is 1.50 bits per heavy atom. The van der Waals surface area contributed by atoms with Gasteiger partial charge in [-0.25, -0.2) is 4.79 Å². The molecule has 0 atom stereocenters. The van der Waals surface area contributed by atoms with Crippen molar-refractivity contribution in [1.82, 2.24) is 0 Å². The molecule has 0 aliphatic carbocycles. The number of benzene rings is 6. The van der Waals surface area contributed by atoms with Gasteiger partial charge in [-0.3, -0.25) is 25.1 Å². The van der Waals surface area contributed by atoms with Crippen LogP contribution in [0.15, 0.2) is 121 Å². The number of nitrogens with zero attached hydrogens (tertiary/aromatic N) is 3. The third kappa shape index (κ3) is 14.5. The maximum absolute atomic E-state index is 13.7. The van der Waals surface area contributed by atoms with Crippen molar-refractivity contribution in [2.75, 3.05) is 35.5 Å². The van der Waals surface area contributed by atoms with E-state index in [-0.39, 0.29) is 22.3 Å². The molecule has 0 saturated heterocycles. The number of nitrogen functional groups attached to an aromatic ring is 1. The van der Waals surface area contributed by atoms with Gasteiger partial charge in [0.05, 0.1) is 47.4 Å². The van der Waals surface area contributed by atoms with Crippen molar-refractivity contribution in [1.29, 1.82) is 0 Å². The van der Waals surface area contributed by atoms with Crippen LogP contribution in [0.1, 0.15) is 112 Å². The maximum atomic E-state index is 13.7. The first-order valence-corrected chi connectivity index (χ1v) is 23.2. The number of hydrogen-bond acceptors (Lipinski definition) is 9. The van der Waals surface area contributed by atoms with Crippen LogP contribution >= 0.6 is 0 Å². The second-order valence-electron chi connectivity index (χ2n) is 16.8. The molecule has 0 heterocycles. The maximum Gasteiger partial charge on any atom is 0.326 e. The fourth-order valence-electron chi connectivity index (χ4n) is 7.56. The Kier molecular flexibility index (Phi) is 20.4. The van der Waals surface area contributed by atoms with Gasteiger partial charge >= 0.3 is 6.03 Å². The van der Waals surface area contributed by atoms with Crippen LogP contribution in [0.2, 0.25) is 0 Å². The summed E-state index contributed by atoms with van der Waals surface area (Å²) in [6, 6.07) is 38.4. The number of carbonyl (C=O) groups excluding carboxylic acids is 1. The molecule has 2 amide bonds. The van der Waals surface area contributed by atoms with E-state index >= 15 is 0 Å². The van der Waals surface area contributed by atoms with Crippen molar-refractivity contribution in [3.05, 3.63) is 186 Å². The SMILES string of the molecule is CCc1ccc([N+](=O)[O-])c(CC)c1N.CCc1ccc([N+](=O)[O-])c(CC)c1NC(=O)N(Cc1ccc(OC)cc1)c1ccc(C(C)C)cc1.COc1ccc(CNc2ccc(C(C)C)cc2)cc1. The van der Waals surface area contributed by atoms with Gasteiger partial charge in [0, 0.05) is 35.7 Å². The van der Waals surface area contributed by atoms with Gasteiger partial charge in [-0.05, 0) is 119 Å². The van der Waals surface area contributed by atoms with Crippen molar-refractivity contribution in [3.8, 4) is 11.5 Å². The fraction of sp³-hybridized carbons (Fsp3) is 0.327. The van der Waals surface area contributed by atoms with E-state index in [1.807, 2.05) is 88.4 Å². The monoisotopic (exact) mass is 925 g/mol. The number of carbonyl (C=O) groups is 1. The molecular formula is C55H68N6O7. The molecule has 68 heavy (non-hydrogen) atoms. The van der Waals surface area contributed by atoms with Crippen LogP contribution in [0.25, 0.3) is 0 Å². The number of nitrogens with two attached hydrogens (primary N) is 1. The number of aryl methyl sites for hydroxylation is 2. The Bertz CT molecular complexity index is 2560. The summed E-state index contributed by atoms with van der Waals surface area (Å²) in [7, 11) is 3.30. The van der Waals surface area contributed by atoms with Crippen LogP contribution < -0.4 is 30.7 Å². The van der Waals surface area contributed by atoms with Gasteiger partial charge in [-0.15, -0.1) is 0 Å². The summed E-state index contributed by atoms with van der Waals surface area (Å²) in [5, 5.41) is 28.7. The Morgan fingerprint density at radius 1 is 0.603 bits per heavy atom. The smallest absolute Gasteiger partial charge is 0.326 e. The molecule has 0 radical (unpaired) electrons. The van der Waals surface area contributed by atoms with Crippen molar-refractivity contribution >= 4 is 40.2 Å². The average molecular weight is 925 g/mol. The highest BCUT2D eigenvalue weighted by atomic mass is 16.6. The third-order valence-corrected chi connectivity index (χ3v) is 11.7. The predicted octanol–water partition coefficient (Wildman–Crippen LogP) is 13.8. The summed E-state index contributed by atoms with van der Waals surface area (Å²) in [6.07, 6.45) is 2.47. The van der Waals surface area contributed by atoms with Crippen LogP contribution in [-0.4, -0.2) is 30.1 Å². The van der Waals surface area contributed by atoms with Crippen molar-refractivity contribution in [2.24, 2.45) is 0 Å². The Balaban J connectivity index is 0.000000254. The average Bonchev–Trinajstić information content (AvgIpc) is 3.35. The number of ether oxygens (including phenoxy) is 2. The van der Waals surface area contributed by atoms with Gasteiger partial charge in [0.2, 0.25) is 0 Å². The topological polar surface area (TPSA) is 175 Å². The quantitative estimate of drug-likeness (QED) is 0.0457. The van der Waals surface area contributed by atoms with E-state index in [0.29, 0.717) is 60.1 Å². The standard InChI is InChI=1S/C28H33N3O4.C17H21NO.C10H14N2O2/c1-6-21-12-17-26(31(33)34)25(7-2)27(21)29-28(32)30(18-20-8-15-24(35-5)16-9-20)23-13-10-22(11-14-23)19(3)4;1-13(2)15-6-8-16(9-7-15)18-12-14-4-10-17(19-3)11-5-14;1-3-7-5-6-9(12(13)14)8(4-2)10(7)11/h8-17,19H,6-7,18H2,1-5H3,(H,29,32);4-11,13,18H,12H2,1-3H3;5-6H,3-4,11H2,1-2H3. The lowest BCUT2D eigenvalue weighted by Crippen LogP contribution is -2.35. The Hall–Kier alpha value is -7.41. The Labute approximate surface area is 402 Å². The minimum absolute atomic E-state index is 0.0167. The summed E-state index contributed by atoms with van der Waals surface area (Å²) in [6.45, 7) is 17.5. The molecule has 6 aromatic carbocycles. The van der Waals surface area contributed by atoms with Gasteiger partial charge in [0.15, 0.2) is 0 Å². The van der Waals surface area contributed by atoms with Crippen LogP contribution in [0.3, 0.4) is 0 Å². The molecule has 0 fully saturated rings. The number of methoxy groups -OCH3 is 2. The van der Waals surface area contributed by atoms with E-state index in [1.165, 1.54) is 28.8 Å². The van der Waals surface area contributed by atoms with Gasteiger partial charge < -0.3 is 25.8 Å². The van der Waals surface area contributed by atoms with Crippen LogP contribution in [-0.2, 0) is 38.8 Å². The van der Waals surface area contributed by atoms with E-state index in [1.54, 1.807) is 31.3 Å². The fourth-order valence-corrected chi connectivity index (χ4v) is 7.56. The summed E-state index contributed by atoms with van der Waals surface area (Å²) in [5.74, 6) is 2.58. The lowest BCUT2D eigenvalue weighted by Gasteiger charge is -2.25. The molecule has 0 saturated carbocycles. The molecule has 0 aromatic heterocycles. The molecule has 0 spiro atoms. The van der Waals surface area contributed by atoms with Crippen LogP contribution in [0.4, 0.5) is 38.9 Å². The number of rotatable bonds is 17. The first-order chi connectivity index (χ1) is 32.6. The first-order valence-electron chi connectivity index (χ1n) is 23.2. The lowest BCUT2D eigenvalue weighted by atomic mass is 10.0. The highest BCUT2D eigenvalue weighted by Crippen LogP contribution is 2.33. The first kappa shape index (κ1) is 53.2. The molecule has 6 rings (SSSR count). The number of amides is 2. The molecule has 6 aromatic rings. The van der Waals surface area contributed by atoms with Crippen molar-refractivity contribution in [3.63, 3.8) is 0 Å². The van der Waals surface area contributed by atoms with E-state index in [9.17, 15) is 25.0 Å². The second kappa shape index (κ2) is 26.1. The molecule has 360 valence electrons. The molecule has 0 bridgehead atoms. The number of nitrogens with one attached hydrogen (secondary N) is 2. The minimum Gasteiger partial charge on any atom is -0.497 e. The zero-order valence-corrected chi connectivity index (χ0v) is 41.2. The highest BCUT2D eigenvalue weighted by Gasteiger charge is 2.24. The number of anilines is 4. The largest absolute Gasteiger partial charge is 0.497 e. The van der Waals surface area contributed by atoms with Crippen molar-refractivity contribution < 1.29 is 24.1 Å². The summed E-state index contributed by atoms with van der Waals surface area (Å²) >= 11 is 0. The molecule has 0 aliphatic rings. The summed E-state index contributed by atoms with van der Waals surface area (Å²) < 4.78 is 10.4. The third-order valence-electron chi connectivity index (χ3n) is 11.7. The number of urea groups is 1. The summed E-state index contributed by atoms with van der Waals surface area (Å²) in [5.41, 5.74) is 16.7. The second-order valence-corrected chi connectivity index (χ2v) is 16.8. The molecule has 4 N–H and O–H groups in total. The van der Waals surface area contributed by atoms with E-state index in [4.69, 9.17) is 15.2 Å².